The average molecular weight is 298 g/mol. The van der Waals surface area contributed by atoms with Gasteiger partial charge in [0.1, 0.15) is 18.5 Å². The predicted octanol–water partition coefficient (Wildman–Crippen LogP) is 2.63. The van der Waals surface area contributed by atoms with Crippen LogP contribution in [0.4, 0.5) is 0 Å². The molecule has 0 aliphatic carbocycles. The van der Waals surface area contributed by atoms with Gasteiger partial charge in [-0.25, -0.2) is 0 Å². The number of rotatable bonds is 5. The minimum absolute atomic E-state index is 0.0467. The van der Waals surface area contributed by atoms with Crippen LogP contribution in [0.2, 0.25) is 5.02 Å². The Morgan fingerprint density at radius 2 is 2.15 bits per heavy atom. The molecule has 4 nitrogen and oxygen atoms in total. The van der Waals surface area contributed by atoms with E-state index in [2.05, 4.69) is 5.32 Å². The number of aryl methyl sites for hydroxylation is 2. The first-order valence-corrected chi connectivity index (χ1v) is 7.24. The standard InChI is InChI=1S/C15H20ClNO3/c1-10-8-12(9-11(2)14(10)16)19-7-5-17-15(18)13-4-3-6-20-13/h8-9,13H,3-7H2,1-2H3,(H,17,18). The quantitative estimate of drug-likeness (QED) is 0.850. The molecule has 1 saturated heterocycles. The Bertz CT molecular complexity index is 461. The molecule has 1 heterocycles. The van der Waals surface area contributed by atoms with E-state index in [0.717, 1.165) is 34.7 Å². The summed E-state index contributed by atoms with van der Waals surface area (Å²) < 4.78 is 10.9. The van der Waals surface area contributed by atoms with Crippen LogP contribution in [-0.2, 0) is 9.53 Å². The number of carbonyl (C=O) groups is 1. The van der Waals surface area contributed by atoms with Gasteiger partial charge in [0.15, 0.2) is 0 Å². The molecule has 1 unspecified atom stereocenters. The van der Waals surface area contributed by atoms with Gasteiger partial charge in [0, 0.05) is 11.6 Å². The van der Waals surface area contributed by atoms with Gasteiger partial charge in [-0.05, 0) is 49.9 Å². The van der Waals surface area contributed by atoms with Crippen molar-refractivity contribution in [1.29, 1.82) is 0 Å². The van der Waals surface area contributed by atoms with Gasteiger partial charge < -0.3 is 14.8 Å². The van der Waals surface area contributed by atoms with Gasteiger partial charge in [-0.1, -0.05) is 11.6 Å². The highest BCUT2D eigenvalue weighted by molar-refractivity contribution is 6.32. The number of nitrogens with one attached hydrogen (secondary N) is 1. The largest absolute Gasteiger partial charge is 0.492 e. The van der Waals surface area contributed by atoms with Crippen LogP contribution < -0.4 is 10.1 Å². The smallest absolute Gasteiger partial charge is 0.249 e. The summed E-state index contributed by atoms with van der Waals surface area (Å²) in [6.45, 7) is 5.47. The molecule has 1 atom stereocenters. The summed E-state index contributed by atoms with van der Waals surface area (Å²) >= 11 is 6.10. The molecule has 1 aromatic carbocycles. The molecule has 1 aromatic rings. The van der Waals surface area contributed by atoms with Crippen LogP contribution in [0.3, 0.4) is 0 Å². The zero-order chi connectivity index (χ0) is 14.5. The zero-order valence-electron chi connectivity index (χ0n) is 11.9. The topological polar surface area (TPSA) is 47.6 Å². The van der Waals surface area contributed by atoms with Crippen LogP contribution in [0.15, 0.2) is 12.1 Å². The molecule has 110 valence electrons. The highest BCUT2D eigenvalue weighted by Gasteiger charge is 2.22. The van der Waals surface area contributed by atoms with Crippen molar-refractivity contribution in [3.05, 3.63) is 28.3 Å². The molecule has 0 aromatic heterocycles. The number of benzene rings is 1. The van der Waals surface area contributed by atoms with Crippen LogP contribution in [0.1, 0.15) is 24.0 Å². The molecule has 20 heavy (non-hydrogen) atoms. The van der Waals surface area contributed by atoms with Gasteiger partial charge in [0.05, 0.1) is 6.54 Å². The summed E-state index contributed by atoms with van der Waals surface area (Å²) in [7, 11) is 0. The van der Waals surface area contributed by atoms with Crippen molar-refractivity contribution >= 4 is 17.5 Å². The van der Waals surface area contributed by atoms with Crippen molar-refractivity contribution in [1.82, 2.24) is 5.32 Å². The van der Waals surface area contributed by atoms with E-state index in [1.54, 1.807) is 0 Å². The summed E-state index contributed by atoms with van der Waals surface area (Å²) in [4.78, 5) is 11.7. The third-order valence-corrected chi connectivity index (χ3v) is 3.90. The third kappa shape index (κ3) is 3.87. The first-order valence-electron chi connectivity index (χ1n) is 6.87. The van der Waals surface area contributed by atoms with Gasteiger partial charge in [0.25, 0.3) is 0 Å². The molecule has 0 radical (unpaired) electrons. The third-order valence-electron chi connectivity index (χ3n) is 3.30. The summed E-state index contributed by atoms with van der Waals surface area (Å²) in [5.41, 5.74) is 1.98. The van der Waals surface area contributed by atoms with E-state index in [0.29, 0.717) is 19.8 Å². The van der Waals surface area contributed by atoms with E-state index < -0.39 is 0 Å². The monoisotopic (exact) mass is 297 g/mol. The second-order valence-electron chi connectivity index (χ2n) is 5.01. The van der Waals surface area contributed by atoms with Crippen LogP contribution >= 0.6 is 11.6 Å². The van der Waals surface area contributed by atoms with E-state index in [1.165, 1.54) is 0 Å². The van der Waals surface area contributed by atoms with Crippen molar-refractivity contribution < 1.29 is 14.3 Å². The zero-order valence-corrected chi connectivity index (χ0v) is 12.6. The maximum Gasteiger partial charge on any atom is 0.249 e. The molecule has 0 spiro atoms. The van der Waals surface area contributed by atoms with Gasteiger partial charge in [-0.2, -0.15) is 0 Å². The molecular formula is C15H20ClNO3. The molecule has 0 saturated carbocycles. The summed E-state index contributed by atoms with van der Waals surface area (Å²) in [6, 6.07) is 3.80. The van der Waals surface area contributed by atoms with E-state index in [4.69, 9.17) is 21.1 Å². The number of halogens is 1. The van der Waals surface area contributed by atoms with Crippen LogP contribution in [0.25, 0.3) is 0 Å². The number of hydrogen-bond acceptors (Lipinski definition) is 3. The number of carbonyl (C=O) groups excluding carboxylic acids is 1. The molecule has 1 N–H and O–H groups in total. The lowest BCUT2D eigenvalue weighted by atomic mass is 10.1. The molecule has 1 aliphatic rings. The van der Waals surface area contributed by atoms with Crippen molar-refractivity contribution in [2.24, 2.45) is 0 Å². The Morgan fingerprint density at radius 3 is 2.75 bits per heavy atom. The Balaban J connectivity index is 1.74. The van der Waals surface area contributed by atoms with E-state index in [-0.39, 0.29) is 12.0 Å². The molecule has 1 amide bonds. The fourth-order valence-electron chi connectivity index (χ4n) is 2.23. The maximum absolute atomic E-state index is 11.7. The lowest BCUT2D eigenvalue weighted by Gasteiger charge is -2.12. The van der Waals surface area contributed by atoms with E-state index >= 15 is 0 Å². The normalized spacial score (nSPS) is 18.1. The summed E-state index contributed by atoms with van der Waals surface area (Å²) in [6.07, 6.45) is 1.48. The molecular weight excluding hydrogens is 278 g/mol. The van der Waals surface area contributed by atoms with E-state index in [9.17, 15) is 4.79 Å². The summed E-state index contributed by atoms with van der Waals surface area (Å²) in [5, 5.41) is 3.59. The highest BCUT2D eigenvalue weighted by atomic mass is 35.5. The van der Waals surface area contributed by atoms with Crippen molar-refractivity contribution in [3.63, 3.8) is 0 Å². The molecule has 5 heteroatoms. The van der Waals surface area contributed by atoms with Crippen molar-refractivity contribution in [2.45, 2.75) is 32.8 Å². The number of amides is 1. The van der Waals surface area contributed by atoms with Gasteiger partial charge in [-0.15, -0.1) is 0 Å². The Labute approximate surface area is 124 Å². The lowest BCUT2D eigenvalue weighted by molar-refractivity contribution is -0.130. The first kappa shape index (κ1) is 15.1. The minimum Gasteiger partial charge on any atom is -0.492 e. The Hall–Kier alpha value is -1.26. The van der Waals surface area contributed by atoms with Crippen LogP contribution in [0, 0.1) is 13.8 Å². The van der Waals surface area contributed by atoms with Gasteiger partial charge in [-0.3, -0.25) is 4.79 Å². The molecule has 0 bridgehead atoms. The Morgan fingerprint density at radius 1 is 1.45 bits per heavy atom. The number of hydrogen-bond donors (Lipinski definition) is 1. The fourth-order valence-corrected chi connectivity index (χ4v) is 2.34. The SMILES string of the molecule is Cc1cc(OCCNC(=O)C2CCCO2)cc(C)c1Cl. The molecule has 1 fully saturated rings. The second kappa shape index (κ2) is 6.95. The highest BCUT2D eigenvalue weighted by Crippen LogP contribution is 2.25. The second-order valence-corrected chi connectivity index (χ2v) is 5.39. The van der Waals surface area contributed by atoms with Crippen molar-refractivity contribution in [3.8, 4) is 5.75 Å². The molecule has 2 rings (SSSR count). The lowest BCUT2D eigenvalue weighted by Crippen LogP contribution is -2.36. The first-order chi connectivity index (χ1) is 9.58. The summed E-state index contributed by atoms with van der Waals surface area (Å²) in [5.74, 6) is 0.727. The Kier molecular flexibility index (Phi) is 5.26. The van der Waals surface area contributed by atoms with Crippen LogP contribution in [0.5, 0.6) is 5.75 Å². The van der Waals surface area contributed by atoms with E-state index in [1.807, 2.05) is 26.0 Å². The number of ether oxygens (including phenoxy) is 2. The predicted molar refractivity (Wildman–Crippen MR) is 78.4 cm³/mol. The minimum atomic E-state index is -0.282. The maximum atomic E-state index is 11.7. The average Bonchev–Trinajstić information content (AvgIpc) is 2.94. The van der Waals surface area contributed by atoms with Gasteiger partial charge >= 0.3 is 0 Å². The van der Waals surface area contributed by atoms with Crippen LogP contribution in [-0.4, -0.2) is 31.8 Å². The fraction of sp³-hybridized carbons (Fsp3) is 0.533. The van der Waals surface area contributed by atoms with Crippen molar-refractivity contribution in [2.75, 3.05) is 19.8 Å². The van der Waals surface area contributed by atoms with Gasteiger partial charge in [0.2, 0.25) is 5.91 Å². The molecule has 1 aliphatic heterocycles.